The molecule has 0 spiro atoms. The van der Waals surface area contributed by atoms with E-state index in [-0.39, 0.29) is 42.0 Å². The fourth-order valence-corrected chi connectivity index (χ4v) is 5.61. The summed E-state index contributed by atoms with van der Waals surface area (Å²) in [5, 5.41) is 13.8. The molecule has 1 aliphatic rings. The third-order valence-electron chi connectivity index (χ3n) is 4.70. The number of hydrogen-bond donors (Lipinski definition) is 2. The maximum absolute atomic E-state index is 13.3. The lowest BCUT2D eigenvalue weighted by molar-refractivity contribution is -0.385. The Hall–Kier alpha value is -2.04. The number of nitrogens with two attached hydrogens (primary N) is 1. The molecule has 0 saturated carbocycles. The molecular formula is C17H26N4O5S. The van der Waals surface area contributed by atoms with Crippen molar-refractivity contribution in [1.29, 1.82) is 0 Å². The van der Waals surface area contributed by atoms with E-state index < -0.39 is 14.9 Å². The Morgan fingerprint density at radius 2 is 1.96 bits per heavy atom. The van der Waals surface area contributed by atoms with Crippen LogP contribution in [-0.4, -0.2) is 49.2 Å². The molecule has 1 heterocycles. The number of aryl methyl sites for hydroxylation is 2. The number of nitrogens with zero attached hydrogens (tertiary/aromatic N) is 2. The quantitative estimate of drug-likeness (QED) is 0.523. The molecule has 9 nitrogen and oxygen atoms in total. The van der Waals surface area contributed by atoms with E-state index in [9.17, 15) is 23.3 Å². The zero-order chi connectivity index (χ0) is 20.2. The minimum atomic E-state index is -3.84. The summed E-state index contributed by atoms with van der Waals surface area (Å²) >= 11 is 0. The molecule has 1 aromatic rings. The lowest BCUT2D eigenvalue weighted by atomic mass is 10.1. The van der Waals surface area contributed by atoms with Gasteiger partial charge < -0.3 is 11.1 Å². The van der Waals surface area contributed by atoms with Gasteiger partial charge in [0.25, 0.3) is 5.69 Å². The molecule has 0 radical (unpaired) electrons. The highest BCUT2D eigenvalue weighted by Gasteiger charge is 2.35. The Balaban J connectivity index is 2.32. The summed E-state index contributed by atoms with van der Waals surface area (Å²) in [6, 6.07) is 2.21. The van der Waals surface area contributed by atoms with Gasteiger partial charge in [-0.05, 0) is 37.8 Å². The van der Waals surface area contributed by atoms with Crippen LogP contribution in [0.1, 0.15) is 36.8 Å². The molecule has 2 rings (SSSR count). The van der Waals surface area contributed by atoms with Gasteiger partial charge in [0, 0.05) is 44.2 Å². The van der Waals surface area contributed by atoms with Gasteiger partial charge in [0.15, 0.2) is 0 Å². The SMILES string of the molecule is Cc1cc([N+](=O)[O-])cc(C)c1S(=O)(=O)N1CCCCC1CNC(=O)CCN. The van der Waals surface area contributed by atoms with Crippen molar-refractivity contribution in [2.24, 2.45) is 5.73 Å². The van der Waals surface area contributed by atoms with Gasteiger partial charge in [-0.2, -0.15) is 4.31 Å². The number of amides is 1. The maximum atomic E-state index is 13.3. The Kier molecular flexibility index (Phi) is 6.90. The molecule has 0 aromatic heterocycles. The van der Waals surface area contributed by atoms with Gasteiger partial charge in [-0.15, -0.1) is 0 Å². The van der Waals surface area contributed by atoms with E-state index >= 15 is 0 Å². The van der Waals surface area contributed by atoms with Crippen LogP contribution in [0.5, 0.6) is 0 Å². The normalized spacial score (nSPS) is 18.3. The number of carbonyl (C=O) groups excluding carboxylic acids is 1. The second-order valence-electron chi connectivity index (χ2n) is 6.77. The smallest absolute Gasteiger partial charge is 0.270 e. The number of piperidine rings is 1. The number of non-ortho nitro benzene ring substituents is 1. The number of carbonyl (C=O) groups is 1. The Bertz CT molecular complexity index is 802. The number of nitro groups is 1. The van der Waals surface area contributed by atoms with E-state index in [1.807, 2.05) is 0 Å². The molecule has 150 valence electrons. The number of nitrogens with one attached hydrogen (secondary N) is 1. The van der Waals surface area contributed by atoms with Crippen molar-refractivity contribution in [2.75, 3.05) is 19.6 Å². The first-order valence-electron chi connectivity index (χ1n) is 8.92. The summed E-state index contributed by atoms with van der Waals surface area (Å²) < 4.78 is 28.0. The Morgan fingerprint density at radius 3 is 2.52 bits per heavy atom. The number of benzene rings is 1. The standard InChI is InChI=1S/C17H26N4O5S/c1-12-9-15(21(23)24)10-13(2)17(12)27(25,26)20-8-4-3-5-14(20)11-19-16(22)6-7-18/h9-10,14H,3-8,11,18H2,1-2H3,(H,19,22). The van der Waals surface area contributed by atoms with E-state index in [2.05, 4.69) is 5.32 Å². The number of sulfonamides is 1. The van der Waals surface area contributed by atoms with Crippen LogP contribution in [-0.2, 0) is 14.8 Å². The summed E-state index contributed by atoms with van der Waals surface area (Å²) in [5.41, 5.74) is 5.92. The van der Waals surface area contributed by atoms with E-state index in [4.69, 9.17) is 5.73 Å². The van der Waals surface area contributed by atoms with E-state index in [0.717, 1.165) is 12.8 Å². The number of rotatable bonds is 7. The van der Waals surface area contributed by atoms with E-state index in [1.54, 1.807) is 13.8 Å². The van der Waals surface area contributed by atoms with Crippen LogP contribution in [0.25, 0.3) is 0 Å². The molecule has 1 atom stereocenters. The number of nitro benzene ring substituents is 1. The monoisotopic (exact) mass is 398 g/mol. The second-order valence-corrected chi connectivity index (χ2v) is 8.60. The lowest BCUT2D eigenvalue weighted by Gasteiger charge is -2.35. The zero-order valence-corrected chi connectivity index (χ0v) is 16.4. The number of hydrogen-bond acceptors (Lipinski definition) is 6. The van der Waals surface area contributed by atoms with Crippen LogP contribution < -0.4 is 11.1 Å². The van der Waals surface area contributed by atoms with Crippen LogP contribution in [0.3, 0.4) is 0 Å². The average molecular weight is 398 g/mol. The van der Waals surface area contributed by atoms with Crippen LogP contribution in [0.2, 0.25) is 0 Å². The fourth-order valence-electron chi connectivity index (χ4n) is 3.50. The van der Waals surface area contributed by atoms with Crippen LogP contribution in [0.4, 0.5) is 5.69 Å². The molecule has 1 aliphatic heterocycles. The van der Waals surface area contributed by atoms with E-state index in [0.29, 0.717) is 24.1 Å². The first kappa shape index (κ1) is 21.3. The summed E-state index contributed by atoms with van der Waals surface area (Å²) in [6.45, 7) is 3.95. The second kappa shape index (κ2) is 8.77. The predicted octanol–water partition coefficient (Wildman–Crippen LogP) is 1.22. The third kappa shape index (κ3) is 4.82. The summed E-state index contributed by atoms with van der Waals surface area (Å²) in [7, 11) is -3.84. The van der Waals surface area contributed by atoms with Crippen LogP contribution >= 0.6 is 0 Å². The van der Waals surface area contributed by atoms with Crippen molar-refractivity contribution in [2.45, 2.75) is 50.5 Å². The summed E-state index contributed by atoms with van der Waals surface area (Å²) in [6.07, 6.45) is 2.45. The predicted molar refractivity (Wildman–Crippen MR) is 101 cm³/mol. The van der Waals surface area contributed by atoms with Crippen molar-refractivity contribution in [3.05, 3.63) is 33.4 Å². The maximum Gasteiger partial charge on any atom is 0.270 e. The van der Waals surface area contributed by atoms with Crippen molar-refractivity contribution < 1.29 is 18.1 Å². The molecule has 1 fully saturated rings. The lowest BCUT2D eigenvalue weighted by Crippen LogP contribution is -2.49. The molecule has 3 N–H and O–H groups in total. The first-order valence-corrected chi connectivity index (χ1v) is 10.4. The van der Waals surface area contributed by atoms with Gasteiger partial charge in [0.1, 0.15) is 0 Å². The van der Waals surface area contributed by atoms with Gasteiger partial charge in [0.2, 0.25) is 15.9 Å². The molecule has 0 bridgehead atoms. The molecule has 1 saturated heterocycles. The summed E-state index contributed by atoms with van der Waals surface area (Å²) in [5.74, 6) is -0.205. The molecule has 1 unspecified atom stereocenters. The van der Waals surface area contributed by atoms with Crippen LogP contribution in [0, 0.1) is 24.0 Å². The highest BCUT2D eigenvalue weighted by atomic mass is 32.2. The fraction of sp³-hybridized carbons (Fsp3) is 0.588. The molecule has 0 aliphatic carbocycles. The van der Waals surface area contributed by atoms with Gasteiger partial charge >= 0.3 is 0 Å². The van der Waals surface area contributed by atoms with Gasteiger partial charge in [0.05, 0.1) is 9.82 Å². The Morgan fingerprint density at radius 1 is 1.33 bits per heavy atom. The largest absolute Gasteiger partial charge is 0.354 e. The third-order valence-corrected chi connectivity index (χ3v) is 6.96. The first-order chi connectivity index (χ1) is 12.7. The minimum absolute atomic E-state index is 0.105. The highest BCUT2D eigenvalue weighted by Crippen LogP contribution is 2.31. The summed E-state index contributed by atoms with van der Waals surface area (Å²) in [4.78, 5) is 22.3. The average Bonchev–Trinajstić information content (AvgIpc) is 2.59. The van der Waals surface area contributed by atoms with Gasteiger partial charge in [-0.3, -0.25) is 14.9 Å². The topological polar surface area (TPSA) is 136 Å². The molecule has 1 amide bonds. The van der Waals surface area contributed by atoms with E-state index in [1.165, 1.54) is 16.4 Å². The molecular weight excluding hydrogens is 372 g/mol. The molecule has 10 heteroatoms. The van der Waals surface area contributed by atoms with Gasteiger partial charge in [-0.1, -0.05) is 6.42 Å². The zero-order valence-electron chi connectivity index (χ0n) is 15.6. The van der Waals surface area contributed by atoms with Crippen molar-refractivity contribution in [1.82, 2.24) is 9.62 Å². The molecule has 1 aromatic carbocycles. The van der Waals surface area contributed by atoms with Gasteiger partial charge in [-0.25, -0.2) is 8.42 Å². The van der Waals surface area contributed by atoms with Crippen LogP contribution in [0.15, 0.2) is 17.0 Å². The highest BCUT2D eigenvalue weighted by molar-refractivity contribution is 7.89. The molecule has 27 heavy (non-hydrogen) atoms. The Labute approximate surface area is 159 Å². The van der Waals surface area contributed by atoms with Crippen molar-refractivity contribution in [3.63, 3.8) is 0 Å². The van der Waals surface area contributed by atoms with Crippen molar-refractivity contribution in [3.8, 4) is 0 Å². The minimum Gasteiger partial charge on any atom is -0.354 e. The van der Waals surface area contributed by atoms with Crippen molar-refractivity contribution >= 4 is 21.6 Å².